The first-order valence-electron chi connectivity index (χ1n) is 6.56. The van der Waals surface area contributed by atoms with E-state index in [9.17, 15) is 0 Å². The van der Waals surface area contributed by atoms with Crippen molar-refractivity contribution < 1.29 is 0 Å². The Morgan fingerprint density at radius 3 is 2.75 bits per heavy atom. The van der Waals surface area contributed by atoms with Crippen molar-refractivity contribution in [1.29, 1.82) is 0 Å². The van der Waals surface area contributed by atoms with E-state index in [1.54, 1.807) is 0 Å². The first kappa shape index (κ1) is 13.2. The molecule has 0 aliphatic heterocycles. The number of hydrogen-bond donors (Lipinski definition) is 1. The Kier molecular flexibility index (Phi) is 3.28. The lowest BCUT2D eigenvalue weighted by Crippen LogP contribution is -2.05. The average Bonchev–Trinajstić information content (AvgIpc) is 2.95. The van der Waals surface area contributed by atoms with Crippen molar-refractivity contribution in [3.63, 3.8) is 0 Å². The molecule has 0 fully saturated rings. The zero-order valence-electron chi connectivity index (χ0n) is 11.6. The third-order valence-corrected chi connectivity index (χ3v) is 4.15. The lowest BCUT2D eigenvalue weighted by Gasteiger charge is -2.07. The van der Waals surface area contributed by atoms with Gasteiger partial charge < -0.3 is 10.3 Å². The van der Waals surface area contributed by atoms with E-state index in [1.807, 2.05) is 18.7 Å². The number of nitrogens with zero attached hydrogens (tertiary/aromatic N) is 3. The van der Waals surface area contributed by atoms with Crippen LogP contribution in [0.15, 0.2) is 30.5 Å². The smallest absolute Gasteiger partial charge is 0.0865 e. The molecule has 0 aliphatic rings. The molecule has 2 heterocycles. The highest BCUT2D eigenvalue weighted by molar-refractivity contribution is 6.31. The van der Waals surface area contributed by atoms with Crippen molar-refractivity contribution in [3.05, 3.63) is 52.4 Å². The van der Waals surface area contributed by atoms with Gasteiger partial charge in [-0.15, -0.1) is 0 Å². The summed E-state index contributed by atoms with van der Waals surface area (Å²) in [4.78, 5) is 0. The van der Waals surface area contributed by atoms with E-state index in [0.29, 0.717) is 13.1 Å². The van der Waals surface area contributed by atoms with Crippen molar-refractivity contribution in [1.82, 2.24) is 14.3 Å². The number of aryl methyl sites for hydroxylation is 2. The van der Waals surface area contributed by atoms with Gasteiger partial charge in [-0.1, -0.05) is 23.7 Å². The fourth-order valence-corrected chi connectivity index (χ4v) is 2.73. The highest BCUT2D eigenvalue weighted by Crippen LogP contribution is 2.23. The molecule has 2 N–H and O–H groups in total. The topological polar surface area (TPSA) is 48.8 Å². The molecular weight excluding hydrogens is 272 g/mol. The Balaban J connectivity index is 2.06. The Morgan fingerprint density at radius 2 is 2.10 bits per heavy atom. The Labute approximate surface area is 122 Å². The van der Waals surface area contributed by atoms with Gasteiger partial charge in [0.15, 0.2) is 0 Å². The maximum absolute atomic E-state index is 6.32. The molecule has 0 bridgehead atoms. The molecule has 0 amide bonds. The van der Waals surface area contributed by atoms with Crippen molar-refractivity contribution in [2.45, 2.75) is 20.0 Å². The Hall–Kier alpha value is -1.78. The summed E-state index contributed by atoms with van der Waals surface area (Å²) >= 11 is 6.32. The van der Waals surface area contributed by atoms with Gasteiger partial charge in [0.2, 0.25) is 0 Å². The van der Waals surface area contributed by atoms with Gasteiger partial charge in [-0.3, -0.25) is 4.68 Å². The zero-order chi connectivity index (χ0) is 14.3. The van der Waals surface area contributed by atoms with Gasteiger partial charge in [-0.05, 0) is 30.0 Å². The van der Waals surface area contributed by atoms with Gasteiger partial charge in [-0.25, -0.2) is 0 Å². The molecule has 0 unspecified atom stereocenters. The number of nitrogens with two attached hydrogens (primary N) is 1. The van der Waals surface area contributed by atoms with Gasteiger partial charge in [-0.2, -0.15) is 5.10 Å². The third-order valence-electron chi connectivity index (χ3n) is 3.66. The first-order chi connectivity index (χ1) is 9.60. The fourth-order valence-electron chi connectivity index (χ4n) is 2.51. The van der Waals surface area contributed by atoms with Gasteiger partial charge >= 0.3 is 0 Å². The summed E-state index contributed by atoms with van der Waals surface area (Å²) in [7, 11) is 1.92. The molecule has 4 nitrogen and oxygen atoms in total. The van der Waals surface area contributed by atoms with E-state index in [2.05, 4.69) is 40.1 Å². The Morgan fingerprint density at radius 1 is 1.30 bits per heavy atom. The van der Waals surface area contributed by atoms with E-state index >= 15 is 0 Å². The molecule has 2 aromatic heterocycles. The number of hydrogen-bond acceptors (Lipinski definition) is 2. The SMILES string of the molecule is Cc1nn(C)c(Cn2ccc3ccc(CN)cc32)c1Cl. The van der Waals surface area contributed by atoms with Crippen LogP contribution in [0, 0.1) is 6.92 Å². The van der Waals surface area contributed by atoms with Crippen LogP contribution in [0.25, 0.3) is 10.9 Å². The van der Waals surface area contributed by atoms with E-state index in [1.165, 1.54) is 10.9 Å². The maximum Gasteiger partial charge on any atom is 0.0865 e. The van der Waals surface area contributed by atoms with Crippen LogP contribution < -0.4 is 5.73 Å². The molecule has 104 valence electrons. The lowest BCUT2D eigenvalue weighted by molar-refractivity contribution is 0.673. The van der Waals surface area contributed by atoms with Crippen molar-refractivity contribution in [2.75, 3.05) is 0 Å². The molecule has 5 heteroatoms. The Bertz CT molecular complexity index is 770. The normalized spacial score (nSPS) is 11.4. The van der Waals surface area contributed by atoms with Crippen LogP contribution in [0.2, 0.25) is 5.02 Å². The molecule has 20 heavy (non-hydrogen) atoms. The van der Waals surface area contributed by atoms with E-state index < -0.39 is 0 Å². The highest BCUT2D eigenvalue weighted by atomic mass is 35.5. The molecule has 0 radical (unpaired) electrons. The quantitative estimate of drug-likeness (QED) is 0.806. The highest BCUT2D eigenvalue weighted by Gasteiger charge is 2.12. The summed E-state index contributed by atoms with van der Waals surface area (Å²) < 4.78 is 4.02. The molecule has 0 saturated carbocycles. The third kappa shape index (κ3) is 2.11. The molecule has 0 aliphatic carbocycles. The molecule has 0 spiro atoms. The largest absolute Gasteiger partial charge is 0.341 e. The van der Waals surface area contributed by atoms with Crippen LogP contribution in [-0.2, 0) is 20.1 Å². The summed E-state index contributed by atoms with van der Waals surface area (Å²) in [6.07, 6.45) is 2.07. The molecule has 3 aromatic rings. The van der Waals surface area contributed by atoms with Crippen LogP contribution in [0.5, 0.6) is 0 Å². The first-order valence-corrected chi connectivity index (χ1v) is 6.93. The van der Waals surface area contributed by atoms with E-state index in [-0.39, 0.29) is 0 Å². The summed E-state index contributed by atoms with van der Waals surface area (Å²) in [5.74, 6) is 0. The van der Waals surface area contributed by atoms with Gasteiger partial charge in [0, 0.05) is 25.3 Å². The number of fused-ring (bicyclic) bond motifs is 1. The van der Waals surface area contributed by atoms with Crippen LogP contribution in [-0.4, -0.2) is 14.3 Å². The number of aromatic nitrogens is 3. The van der Waals surface area contributed by atoms with E-state index in [0.717, 1.165) is 22.0 Å². The minimum Gasteiger partial charge on any atom is -0.341 e. The predicted molar refractivity (Wildman–Crippen MR) is 81.9 cm³/mol. The summed E-state index contributed by atoms with van der Waals surface area (Å²) in [6.45, 7) is 3.17. The van der Waals surface area contributed by atoms with Gasteiger partial charge in [0.1, 0.15) is 0 Å². The lowest BCUT2D eigenvalue weighted by atomic mass is 10.1. The number of rotatable bonds is 3. The fraction of sp³-hybridized carbons (Fsp3) is 0.267. The predicted octanol–water partition coefficient (Wildman–Crippen LogP) is 2.84. The standard InChI is InChI=1S/C15H17ClN4/c1-10-15(16)14(19(2)18-10)9-20-6-5-12-4-3-11(8-17)7-13(12)20/h3-7H,8-9,17H2,1-2H3. The van der Waals surface area contributed by atoms with Crippen molar-refractivity contribution >= 4 is 22.5 Å². The van der Waals surface area contributed by atoms with Gasteiger partial charge in [0.05, 0.1) is 23.0 Å². The molecule has 1 aromatic carbocycles. The van der Waals surface area contributed by atoms with Crippen LogP contribution >= 0.6 is 11.6 Å². The number of halogens is 1. The molecule has 0 atom stereocenters. The van der Waals surface area contributed by atoms with Crippen molar-refractivity contribution in [3.8, 4) is 0 Å². The minimum absolute atomic E-state index is 0.548. The maximum atomic E-state index is 6.32. The van der Waals surface area contributed by atoms with Crippen LogP contribution in [0.3, 0.4) is 0 Å². The summed E-state index contributed by atoms with van der Waals surface area (Å²) in [5.41, 5.74) is 9.90. The molecule has 0 saturated heterocycles. The monoisotopic (exact) mass is 288 g/mol. The minimum atomic E-state index is 0.548. The molecule has 3 rings (SSSR count). The number of benzene rings is 1. The summed E-state index contributed by atoms with van der Waals surface area (Å²) in [5, 5.41) is 6.30. The molecular formula is C15H17ClN4. The second-order valence-corrected chi connectivity index (χ2v) is 5.39. The van der Waals surface area contributed by atoms with Gasteiger partial charge in [0.25, 0.3) is 0 Å². The zero-order valence-corrected chi connectivity index (χ0v) is 12.4. The average molecular weight is 289 g/mol. The van der Waals surface area contributed by atoms with Crippen LogP contribution in [0.4, 0.5) is 0 Å². The second kappa shape index (κ2) is 4.96. The summed E-state index contributed by atoms with van der Waals surface area (Å²) in [6, 6.07) is 8.40. The van der Waals surface area contributed by atoms with Crippen LogP contribution in [0.1, 0.15) is 17.0 Å². The van der Waals surface area contributed by atoms with Crippen molar-refractivity contribution in [2.24, 2.45) is 12.8 Å². The van der Waals surface area contributed by atoms with E-state index in [4.69, 9.17) is 17.3 Å². The second-order valence-electron chi connectivity index (χ2n) is 5.01.